The van der Waals surface area contributed by atoms with Crippen molar-refractivity contribution in [3.8, 4) is 0 Å². The molecule has 0 saturated carbocycles. The number of ether oxygens (including phenoxy) is 1. The van der Waals surface area contributed by atoms with E-state index in [-0.39, 0.29) is 6.54 Å². The molecular weight excluding hydrogens is 277 g/mol. The Hall–Kier alpha value is -1.31. The lowest BCUT2D eigenvalue weighted by molar-refractivity contribution is -0.176. The number of hydrogen-bond donors (Lipinski definition) is 2. The SMILES string of the molecule is CC(C)(C)OC(=O)[C@H]1CCNC[C@H]1NC(=O)C(F)(F)F. The van der Waals surface area contributed by atoms with Gasteiger partial charge in [-0.1, -0.05) is 0 Å². The zero-order valence-corrected chi connectivity index (χ0v) is 11.6. The molecule has 0 bridgehead atoms. The number of esters is 1. The first kappa shape index (κ1) is 16.7. The van der Waals surface area contributed by atoms with E-state index in [0.717, 1.165) is 0 Å². The molecule has 1 heterocycles. The second kappa shape index (κ2) is 5.99. The molecule has 0 aliphatic carbocycles. The maximum Gasteiger partial charge on any atom is 0.471 e. The summed E-state index contributed by atoms with van der Waals surface area (Å²) in [6.45, 7) is 5.62. The molecule has 1 amide bonds. The Bertz CT molecular complexity index is 377. The predicted octanol–water partition coefficient (Wildman–Crippen LogP) is 0.985. The molecule has 1 fully saturated rings. The van der Waals surface area contributed by atoms with E-state index in [0.29, 0.717) is 13.0 Å². The van der Waals surface area contributed by atoms with Crippen molar-refractivity contribution < 1.29 is 27.5 Å². The van der Waals surface area contributed by atoms with Gasteiger partial charge in [-0.2, -0.15) is 13.2 Å². The molecule has 1 aliphatic heterocycles. The lowest BCUT2D eigenvalue weighted by Crippen LogP contribution is -2.56. The summed E-state index contributed by atoms with van der Waals surface area (Å²) in [6, 6.07) is -0.923. The van der Waals surface area contributed by atoms with E-state index < -0.39 is 35.6 Å². The van der Waals surface area contributed by atoms with Gasteiger partial charge in [0.2, 0.25) is 0 Å². The fourth-order valence-electron chi connectivity index (χ4n) is 1.92. The number of alkyl halides is 3. The van der Waals surface area contributed by atoms with Gasteiger partial charge in [-0.25, -0.2) is 0 Å². The Kier molecular flexibility index (Phi) is 5.01. The Morgan fingerprint density at radius 2 is 1.85 bits per heavy atom. The highest BCUT2D eigenvalue weighted by atomic mass is 19.4. The number of amides is 1. The summed E-state index contributed by atoms with van der Waals surface area (Å²) < 4.78 is 41.9. The maximum atomic E-state index is 12.3. The molecule has 5 nitrogen and oxygen atoms in total. The summed E-state index contributed by atoms with van der Waals surface area (Å²) in [5.41, 5.74) is -0.722. The van der Waals surface area contributed by atoms with E-state index in [1.807, 2.05) is 5.32 Å². The molecule has 2 atom stereocenters. The van der Waals surface area contributed by atoms with Crippen LogP contribution in [-0.2, 0) is 14.3 Å². The normalized spacial score (nSPS) is 24.1. The van der Waals surface area contributed by atoms with Gasteiger partial charge in [0.1, 0.15) is 5.60 Å². The van der Waals surface area contributed by atoms with Gasteiger partial charge in [-0.3, -0.25) is 9.59 Å². The van der Waals surface area contributed by atoms with Crippen molar-refractivity contribution in [2.45, 2.75) is 45.0 Å². The summed E-state index contributed by atoms with van der Waals surface area (Å²) in [6.07, 6.45) is -4.65. The number of halogens is 3. The van der Waals surface area contributed by atoms with E-state index in [1.54, 1.807) is 20.8 Å². The van der Waals surface area contributed by atoms with Crippen molar-refractivity contribution in [1.29, 1.82) is 0 Å². The van der Waals surface area contributed by atoms with Gasteiger partial charge >= 0.3 is 18.1 Å². The first-order chi connectivity index (χ1) is 9.00. The fourth-order valence-corrected chi connectivity index (χ4v) is 1.92. The van der Waals surface area contributed by atoms with Gasteiger partial charge in [0, 0.05) is 6.54 Å². The average Bonchev–Trinajstić information content (AvgIpc) is 2.25. The van der Waals surface area contributed by atoms with Crippen molar-refractivity contribution in [2.24, 2.45) is 5.92 Å². The molecule has 0 spiro atoms. The van der Waals surface area contributed by atoms with Crippen LogP contribution in [0.25, 0.3) is 0 Å². The van der Waals surface area contributed by atoms with Crippen molar-refractivity contribution in [3.63, 3.8) is 0 Å². The van der Waals surface area contributed by atoms with E-state index in [1.165, 1.54) is 0 Å². The highest BCUT2D eigenvalue weighted by molar-refractivity contribution is 5.83. The summed E-state index contributed by atoms with van der Waals surface area (Å²) in [5.74, 6) is -3.41. The molecule has 0 aromatic heterocycles. The molecule has 0 radical (unpaired) electrons. The first-order valence-electron chi connectivity index (χ1n) is 6.32. The zero-order chi connectivity index (χ0) is 15.6. The fraction of sp³-hybridized carbons (Fsp3) is 0.833. The number of hydrogen-bond acceptors (Lipinski definition) is 4. The highest BCUT2D eigenvalue weighted by Crippen LogP contribution is 2.21. The van der Waals surface area contributed by atoms with Crippen molar-refractivity contribution >= 4 is 11.9 Å². The van der Waals surface area contributed by atoms with Crippen LogP contribution in [0, 0.1) is 5.92 Å². The third-order valence-corrected chi connectivity index (χ3v) is 2.77. The summed E-state index contributed by atoms with van der Waals surface area (Å²) >= 11 is 0. The van der Waals surface area contributed by atoms with Crippen LogP contribution in [0.3, 0.4) is 0 Å². The topological polar surface area (TPSA) is 67.4 Å². The summed E-state index contributed by atoms with van der Waals surface area (Å²) in [7, 11) is 0. The van der Waals surface area contributed by atoms with Crippen LogP contribution in [0.4, 0.5) is 13.2 Å². The largest absolute Gasteiger partial charge is 0.471 e. The molecule has 0 aromatic rings. The molecular formula is C12H19F3N2O3. The molecule has 2 N–H and O–H groups in total. The van der Waals surface area contributed by atoms with Gasteiger partial charge < -0.3 is 15.4 Å². The molecule has 0 unspecified atom stereocenters. The van der Waals surface area contributed by atoms with Gasteiger partial charge in [0.05, 0.1) is 12.0 Å². The van der Waals surface area contributed by atoms with E-state index in [9.17, 15) is 22.8 Å². The van der Waals surface area contributed by atoms with Crippen molar-refractivity contribution in [1.82, 2.24) is 10.6 Å². The van der Waals surface area contributed by atoms with Crippen LogP contribution < -0.4 is 10.6 Å². The van der Waals surface area contributed by atoms with Gasteiger partial charge in [-0.05, 0) is 33.7 Å². The predicted molar refractivity (Wildman–Crippen MR) is 64.8 cm³/mol. The molecule has 20 heavy (non-hydrogen) atoms. The Labute approximate surface area is 115 Å². The van der Waals surface area contributed by atoms with Crippen molar-refractivity contribution in [3.05, 3.63) is 0 Å². The second-order valence-corrected chi connectivity index (χ2v) is 5.71. The van der Waals surface area contributed by atoms with Crippen LogP contribution in [0.15, 0.2) is 0 Å². The highest BCUT2D eigenvalue weighted by Gasteiger charge is 2.43. The van der Waals surface area contributed by atoms with Gasteiger partial charge in [0.15, 0.2) is 0 Å². The van der Waals surface area contributed by atoms with Crippen LogP contribution in [-0.4, -0.2) is 42.8 Å². The molecule has 1 rings (SSSR count). The Balaban J connectivity index is 2.72. The van der Waals surface area contributed by atoms with Crippen molar-refractivity contribution in [2.75, 3.05) is 13.1 Å². The number of nitrogens with one attached hydrogen (secondary N) is 2. The van der Waals surface area contributed by atoms with E-state index in [4.69, 9.17) is 4.74 Å². The summed E-state index contributed by atoms with van der Waals surface area (Å²) in [5, 5.41) is 4.70. The lowest BCUT2D eigenvalue weighted by Gasteiger charge is -2.33. The Morgan fingerprint density at radius 3 is 2.35 bits per heavy atom. The average molecular weight is 296 g/mol. The van der Waals surface area contributed by atoms with Crippen LogP contribution in [0.5, 0.6) is 0 Å². The van der Waals surface area contributed by atoms with E-state index >= 15 is 0 Å². The van der Waals surface area contributed by atoms with E-state index in [2.05, 4.69) is 5.32 Å². The second-order valence-electron chi connectivity index (χ2n) is 5.71. The lowest BCUT2D eigenvalue weighted by atomic mass is 9.92. The quantitative estimate of drug-likeness (QED) is 0.746. The molecule has 116 valence electrons. The van der Waals surface area contributed by atoms with Crippen LogP contribution in [0.1, 0.15) is 27.2 Å². The number of carbonyl (C=O) groups is 2. The van der Waals surface area contributed by atoms with Crippen LogP contribution >= 0.6 is 0 Å². The third-order valence-electron chi connectivity index (χ3n) is 2.77. The minimum Gasteiger partial charge on any atom is -0.460 e. The minimum absolute atomic E-state index is 0.103. The number of rotatable bonds is 2. The number of piperidine rings is 1. The van der Waals surface area contributed by atoms with Gasteiger partial charge in [-0.15, -0.1) is 0 Å². The van der Waals surface area contributed by atoms with Gasteiger partial charge in [0.25, 0.3) is 0 Å². The first-order valence-corrected chi connectivity index (χ1v) is 6.32. The minimum atomic E-state index is -4.96. The Morgan fingerprint density at radius 1 is 1.25 bits per heavy atom. The molecule has 1 saturated heterocycles. The monoisotopic (exact) mass is 296 g/mol. The van der Waals surface area contributed by atoms with Crippen LogP contribution in [0.2, 0.25) is 0 Å². The number of carbonyl (C=O) groups excluding carboxylic acids is 2. The molecule has 8 heteroatoms. The summed E-state index contributed by atoms with van der Waals surface area (Å²) in [4.78, 5) is 22.9. The molecule has 1 aliphatic rings. The third kappa shape index (κ3) is 4.99. The standard InChI is InChI=1S/C12H19F3N2O3/c1-11(2,3)20-9(18)7-4-5-16-6-8(7)17-10(19)12(13,14)15/h7-8,16H,4-6H2,1-3H3,(H,17,19)/t7-,8+/m0/s1. The smallest absolute Gasteiger partial charge is 0.460 e. The maximum absolute atomic E-state index is 12.3. The zero-order valence-electron chi connectivity index (χ0n) is 11.6. The molecule has 0 aromatic carbocycles.